The predicted octanol–water partition coefficient (Wildman–Crippen LogP) is 1.64. The number of aromatic amines is 1. The maximum atomic E-state index is 10.8. The second-order valence-corrected chi connectivity index (χ2v) is 2.74. The van der Waals surface area contributed by atoms with Crippen LogP contribution in [0.1, 0.15) is 12.6 Å². The molecule has 0 aliphatic rings. The van der Waals surface area contributed by atoms with Crippen LogP contribution in [0.15, 0.2) is 4.79 Å². The molecule has 0 radical (unpaired) electrons. The summed E-state index contributed by atoms with van der Waals surface area (Å²) in [7, 11) is 0. The number of hydrogen-bond donors (Lipinski definition) is 1. The van der Waals surface area contributed by atoms with E-state index in [-0.39, 0.29) is 10.0 Å². The van der Waals surface area contributed by atoms with Crippen molar-refractivity contribution < 1.29 is 0 Å². The standard InChI is InChI=1S/C6H6Cl2N2O/c1-2-3-4(7)5(8)6(11)10-9-3/h2H2,1H3,(H,10,11). The summed E-state index contributed by atoms with van der Waals surface area (Å²) in [5.74, 6) is 0. The second kappa shape index (κ2) is 3.24. The first-order valence-electron chi connectivity index (χ1n) is 3.09. The fraction of sp³-hybridized carbons (Fsp3) is 0.333. The molecule has 5 heteroatoms. The molecule has 1 aromatic heterocycles. The van der Waals surface area contributed by atoms with Gasteiger partial charge in [0.1, 0.15) is 5.02 Å². The number of nitrogens with one attached hydrogen (secondary N) is 1. The maximum Gasteiger partial charge on any atom is 0.284 e. The number of aromatic nitrogens is 2. The van der Waals surface area contributed by atoms with Crippen LogP contribution < -0.4 is 5.56 Å². The summed E-state index contributed by atoms with van der Waals surface area (Å²) in [6.07, 6.45) is 0.648. The molecule has 0 spiro atoms. The van der Waals surface area contributed by atoms with Gasteiger partial charge < -0.3 is 0 Å². The zero-order chi connectivity index (χ0) is 8.43. The molecule has 1 aromatic rings. The minimum Gasteiger partial charge on any atom is -0.266 e. The predicted molar refractivity (Wildman–Crippen MR) is 44.3 cm³/mol. The second-order valence-electron chi connectivity index (χ2n) is 1.98. The van der Waals surface area contributed by atoms with Gasteiger partial charge in [0.05, 0.1) is 10.7 Å². The largest absolute Gasteiger partial charge is 0.284 e. The summed E-state index contributed by atoms with van der Waals surface area (Å²) in [5, 5.41) is 6.20. The first-order valence-corrected chi connectivity index (χ1v) is 3.85. The van der Waals surface area contributed by atoms with Crippen LogP contribution >= 0.6 is 23.2 Å². The van der Waals surface area contributed by atoms with Crippen LogP contribution in [0.25, 0.3) is 0 Å². The zero-order valence-corrected chi connectivity index (χ0v) is 7.33. The van der Waals surface area contributed by atoms with Crippen molar-refractivity contribution in [1.29, 1.82) is 0 Å². The van der Waals surface area contributed by atoms with E-state index in [4.69, 9.17) is 23.2 Å². The summed E-state index contributed by atoms with van der Waals surface area (Å²) in [5.41, 5.74) is 0.158. The van der Waals surface area contributed by atoms with E-state index in [2.05, 4.69) is 10.2 Å². The number of halogens is 2. The molecule has 0 atom stereocenters. The first-order chi connectivity index (χ1) is 5.16. The highest BCUT2D eigenvalue weighted by atomic mass is 35.5. The van der Waals surface area contributed by atoms with E-state index in [1.807, 2.05) is 6.92 Å². The molecular formula is C6H6Cl2N2O. The lowest BCUT2D eigenvalue weighted by Crippen LogP contribution is -2.11. The lowest BCUT2D eigenvalue weighted by atomic mass is 10.3. The monoisotopic (exact) mass is 192 g/mol. The Morgan fingerprint density at radius 2 is 2.09 bits per heavy atom. The highest BCUT2D eigenvalue weighted by Gasteiger charge is 2.07. The van der Waals surface area contributed by atoms with Crippen molar-refractivity contribution in [3.63, 3.8) is 0 Å². The molecule has 0 aromatic carbocycles. The molecule has 0 amide bonds. The fourth-order valence-electron chi connectivity index (χ4n) is 0.677. The van der Waals surface area contributed by atoms with Crippen molar-refractivity contribution in [2.45, 2.75) is 13.3 Å². The molecule has 0 fully saturated rings. The molecular weight excluding hydrogens is 187 g/mol. The van der Waals surface area contributed by atoms with E-state index < -0.39 is 5.56 Å². The third-order valence-electron chi connectivity index (χ3n) is 1.27. The fourth-order valence-corrected chi connectivity index (χ4v) is 1.09. The Morgan fingerprint density at radius 3 is 2.64 bits per heavy atom. The lowest BCUT2D eigenvalue weighted by molar-refractivity contribution is 0.896. The van der Waals surface area contributed by atoms with Crippen LogP contribution in [-0.2, 0) is 6.42 Å². The van der Waals surface area contributed by atoms with Crippen molar-refractivity contribution in [3.8, 4) is 0 Å². The van der Waals surface area contributed by atoms with Crippen molar-refractivity contribution in [2.24, 2.45) is 0 Å². The van der Waals surface area contributed by atoms with Gasteiger partial charge in [-0.05, 0) is 6.42 Å². The van der Waals surface area contributed by atoms with Crippen molar-refractivity contribution in [2.75, 3.05) is 0 Å². The zero-order valence-electron chi connectivity index (χ0n) is 5.82. The van der Waals surface area contributed by atoms with E-state index in [0.717, 1.165) is 0 Å². The summed E-state index contributed by atoms with van der Waals surface area (Å²) >= 11 is 11.2. The number of hydrogen-bond acceptors (Lipinski definition) is 2. The molecule has 0 aliphatic heterocycles. The van der Waals surface area contributed by atoms with Gasteiger partial charge in [-0.15, -0.1) is 0 Å². The van der Waals surface area contributed by atoms with Crippen LogP contribution in [0.3, 0.4) is 0 Å². The van der Waals surface area contributed by atoms with Crippen molar-refractivity contribution in [1.82, 2.24) is 10.2 Å². The SMILES string of the molecule is CCc1n[nH]c(=O)c(Cl)c1Cl. The molecule has 1 N–H and O–H groups in total. The summed E-state index contributed by atoms with van der Waals surface area (Å²) in [6.45, 7) is 1.88. The molecule has 0 saturated carbocycles. The van der Waals surface area contributed by atoms with Crippen LogP contribution in [0.2, 0.25) is 10.0 Å². The summed E-state index contributed by atoms with van der Waals surface area (Å²) in [6, 6.07) is 0. The van der Waals surface area contributed by atoms with Gasteiger partial charge in [0.15, 0.2) is 0 Å². The van der Waals surface area contributed by atoms with Gasteiger partial charge >= 0.3 is 0 Å². The smallest absolute Gasteiger partial charge is 0.266 e. The molecule has 3 nitrogen and oxygen atoms in total. The average Bonchev–Trinajstić information content (AvgIpc) is 2.01. The summed E-state index contributed by atoms with van der Waals surface area (Å²) in [4.78, 5) is 10.8. The Hall–Kier alpha value is -0.540. The normalized spacial score (nSPS) is 10.1. The van der Waals surface area contributed by atoms with Gasteiger partial charge in [0.2, 0.25) is 0 Å². The van der Waals surface area contributed by atoms with Crippen LogP contribution in [0, 0.1) is 0 Å². The van der Waals surface area contributed by atoms with E-state index in [1.54, 1.807) is 0 Å². The quantitative estimate of drug-likeness (QED) is 0.736. The Labute approximate surface area is 73.3 Å². The molecule has 11 heavy (non-hydrogen) atoms. The van der Waals surface area contributed by atoms with Crippen LogP contribution in [0.4, 0.5) is 0 Å². The average molecular weight is 193 g/mol. The van der Waals surface area contributed by atoms with E-state index in [9.17, 15) is 4.79 Å². The maximum absolute atomic E-state index is 10.8. The van der Waals surface area contributed by atoms with Gasteiger partial charge in [0, 0.05) is 0 Å². The molecule has 1 rings (SSSR count). The molecule has 0 unspecified atom stereocenters. The van der Waals surface area contributed by atoms with E-state index in [0.29, 0.717) is 12.1 Å². The van der Waals surface area contributed by atoms with E-state index in [1.165, 1.54) is 0 Å². The lowest BCUT2D eigenvalue weighted by Gasteiger charge is -1.98. The third-order valence-corrected chi connectivity index (χ3v) is 2.14. The first kappa shape index (κ1) is 8.56. The van der Waals surface area contributed by atoms with Gasteiger partial charge in [-0.1, -0.05) is 30.1 Å². The van der Waals surface area contributed by atoms with Gasteiger partial charge in [-0.25, -0.2) is 5.10 Å². The molecule has 0 bridgehead atoms. The van der Waals surface area contributed by atoms with E-state index >= 15 is 0 Å². The van der Waals surface area contributed by atoms with Gasteiger partial charge in [-0.3, -0.25) is 4.79 Å². The molecule has 1 heterocycles. The third kappa shape index (κ3) is 1.54. The van der Waals surface area contributed by atoms with Gasteiger partial charge in [0.25, 0.3) is 5.56 Å². The Balaban J connectivity index is 3.37. The van der Waals surface area contributed by atoms with Crippen LogP contribution in [0.5, 0.6) is 0 Å². The molecule has 0 aliphatic carbocycles. The molecule has 0 saturated heterocycles. The summed E-state index contributed by atoms with van der Waals surface area (Å²) < 4.78 is 0. The number of H-pyrrole nitrogens is 1. The Morgan fingerprint density at radius 1 is 1.45 bits per heavy atom. The minimum absolute atomic E-state index is 0.0125. The van der Waals surface area contributed by atoms with Crippen molar-refractivity contribution >= 4 is 23.2 Å². The number of nitrogens with zero attached hydrogens (tertiary/aromatic N) is 1. The number of rotatable bonds is 1. The minimum atomic E-state index is -0.450. The molecule has 60 valence electrons. The Bertz CT molecular complexity index is 321. The van der Waals surface area contributed by atoms with Crippen molar-refractivity contribution in [3.05, 3.63) is 26.1 Å². The van der Waals surface area contributed by atoms with Crippen LogP contribution in [-0.4, -0.2) is 10.2 Å². The van der Waals surface area contributed by atoms with Gasteiger partial charge in [-0.2, -0.15) is 5.10 Å². The highest BCUT2D eigenvalue weighted by molar-refractivity contribution is 6.42. The highest BCUT2D eigenvalue weighted by Crippen LogP contribution is 2.19. The Kier molecular flexibility index (Phi) is 2.52. The topological polar surface area (TPSA) is 45.8 Å². The number of aryl methyl sites for hydroxylation is 1.